The van der Waals surface area contributed by atoms with Gasteiger partial charge in [-0.05, 0) is 29.0 Å². The highest BCUT2D eigenvalue weighted by atomic mass is 31.2. The smallest absolute Gasteiger partial charge is 0.329 e. The van der Waals surface area contributed by atoms with Crippen molar-refractivity contribution < 1.29 is 19.1 Å². The fourth-order valence-corrected chi connectivity index (χ4v) is 2.55. The number of benzene rings is 1. The monoisotopic (exact) mass is 272 g/mol. The molecule has 1 aromatic rings. The maximum Gasteiger partial charge on any atom is 0.329 e. The molecule has 0 atom stereocenters. The van der Waals surface area contributed by atoms with Crippen molar-refractivity contribution in [1.82, 2.24) is 0 Å². The van der Waals surface area contributed by atoms with Gasteiger partial charge in [0.2, 0.25) is 0 Å². The average molecular weight is 272 g/mol. The molecule has 0 unspecified atom stereocenters. The first-order chi connectivity index (χ1) is 8.11. The third-order valence-electron chi connectivity index (χ3n) is 2.45. The lowest BCUT2D eigenvalue weighted by atomic mass is 9.87. The van der Waals surface area contributed by atoms with Crippen LogP contribution in [0.1, 0.15) is 31.9 Å². The van der Waals surface area contributed by atoms with Crippen molar-refractivity contribution in [3.63, 3.8) is 0 Å². The van der Waals surface area contributed by atoms with Crippen molar-refractivity contribution >= 4 is 7.60 Å². The van der Waals surface area contributed by atoms with E-state index in [-0.39, 0.29) is 11.6 Å². The van der Waals surface area contributed by atoms with E-state index in [1.54, 1.807) is 19.2 Å². The van der Waals surface area contributed by atoms with Crippen LogP contribution in [-0.2, 0) is 17.1 Å². The van der Waals surface area contributed by atoms with Gasteiger partial charge in [0, 0.05) is 0 Å². The summed E-state index contributed by atoms with van der Waals surface area (Å²) in [6.45, 7) is 6.34. The average Bonchev–Trinajstić information content (AvgIpc) is 2.12. The molecule has 0 heterocycles. The van der Waals surface area contributed by atoms with Crippen molar-refractivity contribution in [3.8, 4) is 5.75 Å². The molecule has 0 amide bonds. The van der Waals surface area contributed by atoms with E-state index in [1.165, 1.54) is 0 Å². The summed E-state index contributed by atoms with van der Waals surface area (Å²) in [5.41, 5.74) is 1.72. The van der Waals surface area contributed by atoms with Gasteiger partial charge in [-0.3, -0.25) is 4.57 Å². The van der Waals surface area contributed by atoms with Crippen LogP contribution in [0, 0.1) is 5.41 Å². The minimum Gasteiger partial charge on any atom is -0.496 e. The fourth-order valence-electron chi connectivity index (χ4n) is 1.88. The molecule has 18 heavy (non-hydrogen) atoms. The highest BCUT2D eigenvalue weighted by molar-refractivity contribution is 7.50. The lowest BCUT2D eigenvalue weighted by Gasteiger charge is -2.20. The number of hydrogen-bond acceptors (Lipinski definition) is 2. The number of rotatable bonds is 4. The molecule has 0 aliphatic carbocycles. The van der Waals surface area contributed by atoms with Gasteiger partial charge in [0.05, 0.1) is 13.3 Å². The van der Waals surface area contributed by atoms with Gasteiger partial charge in [0.15, 0.2) is 0 Å². The molecule has 0 radical (unpaired) electrons. The van der Waals surface area contributed by atoms with E-state index in [4.69, 9.17) is 14.5 Å². The number of hydrogen-bond donors (Lipinski definition) is 2. The summed E-state index contributed by atoms with van der Waals surface area (Å²) in [5.74, 6) is 0.763. The zero-order valence-corrected chi connectivity index (χ0v) is 12.2. The third kappa shape index (κ3) is 5.21. The zero-order valence-electron chi connectivity index (χ0n) is 11.3. The Morgan fingerprint density at radius 3 is 2.33 bits per heavy atom. The Kier molecular flexibility index (Phi) is 4.60. The van der Waals surface area contributed by atoms with Gasteiger partial charge in [-0.1, -0.05) is 32.9 Å². The van der Waals surface area contributed by atoms with E-state index < -0.39 is 7.60 Å². The van der Waals surface area contributed by atoms with E-state index in [2.05, 4.69) is 20.8 Å². The van der Waals surface area contributed by atoms with Crippen molar-refractivity contribution in [2.45, 2.75) is 33.4 Å². The van der Waals surface area contributed by atoms with Crippen LogP contribution in [0.2, 0.25) is 0 Å². The topological polar surface area (TPSA) is 66.8 Å². The standard InChI is InChI=1S/C13H21O4P/c1-13(2,3)8-11-7-10(9-18(14,15)16)5-6-12(11)17-4/h5-7H,8-9H2,1-4H3,(H2,14,15,16). The van der Waals surface area contributed by atoms with Crippen LogP contribution in [0.4, 0.5) is 0 Å². The van der Waals surface area contributed by atoms with Gasteiger partial charge >= 0.3 is 7.60 Å². The van der Waals surface area contributed by atoms with Crippen LogP contribution >= 0.6 is 7.60 Å². The Labute approximate surface area is 108 Å². The van der Waals surface area contributed by atoms with E-state index >= 15 is 0 Å². The molecule has 0 saturated heterocycles. The second kappa shape index (κ2) is 5.43. The van der Waals surface area contributed by atoms with E-state index in [9.17, 15) is 4.57 Å². The van der Waals surface area contributed by atoms with Crippen LogP contribution in [0.3, 0.4) is 0 Å². The lowest BCUT2D eigenvalue weighted by Crippen LogP contribution is -2.10. The maximum atomic E-state index is 11.0. The second-order valence-electron chi connectivity index (χ2n) is 5.71. The minimum atomic E-state index is -4.02. The quantitative estimate of drug-likeness (QED) is 0.827. The molecule has 0 spiro atoms. The van der Waals surface area contributed by atoms with Gasteiger partial charge < -0.3 is 14.5 Å². The SMILES string of the molecule is COc1ccc(CP(=O)(O)O)cc1CC(C)(C)C. The maximum absolute atomic E-state index is 11.0. The Balaban J connectivity index is 3.06. The van der Waals surface area contributed by atoms with Crippen LogP contribution < -0.4 is 4.74 Å². The largest absolute Gasteiger partial charge is 0.496 e. The van der Waals surface area contributed by atoms with Crippen LogP contribution in [0.15, 0.2) is 18.2 Å². The normalized spacial score (nSPS) is 12.6. The van der Waals surface area contributed by atoms with E-state index in [0.29, 0.717) is 5.56 Å². The first kappa shape index (κ1) is 15.2. The molecule has 0 fully saturated rings. The number of methoxy groups -OCH3 is 1. The summed E-state index contributed by atoms with van der Waals surface area (Å²) in [6, 6.07) is 5.29. The van der Waals surface area contributed by atoms with E-state index in [1.807, 2.05) is 6.07 Å². The van der Waals surface area contributed by atoms with Crippen molar-refractivity contribution in [2.24, 2.45) is 5.41 Å². The first-order valence-corrected chi connectivity index (χ1v) is 7.61. The first-order valence-electron chi connectivity index (χ1n) is 5.81. The second-order valence-corrected chi connectivity index (χ2v) is 7.35. The van der Waals surface area contributed by atoms with Crippen molar-refractivity contribution in [2.75, 3.05) is 7.11 Å². The minimum absolute atomic E-state index is 0.0913. The molecule has 5 heteroatoms. The molecule has 1 aromatic carbocycles. The van der Waals surface area contributed by atoms with Gasteiger partial charge in [-0.2, -0.15) is 0 Å². The molecule has 1 rings (SSSR count). The summed E-state index contributed by atoms with van der Waals surface area (Å²) in [5, 5.41) is 0. The predicted molar refractivity (Wildman–Crippen MR) is 71.9 cm³/mol. The Bertz CT molecular complexity index is 457. The number of ether oxygens (including phenoxy) is 1. The molecule has 0 aliphatic heterocycles. The van der Waals surface area contributed by atoms with Crippen LogP contribution in [0.5, 0.6) is 5.75 Å². The van der Waals surface area contributed by atoms with Gasteiger partial charge in [-0.25, -0.2) is 0 Å². The zero-order chi connectivity index (χ0) is 14.0. The van der Waals surface area contributed by atoms with Crippen LogP contribution in [0.25, 0.3) is 0 Å². The van der Waals surface area contributed by atoms with E-state index in [0.717, 1.165) is 17.7 Å². The molecule has 0 aromatic heterocycles. The molecule has 4 nitrogen and oxygen atoms in total. The summed E-state index contributed by atoms with van der Waals surface area (Å²) < 4.78 is 16.3. The van der Waals surface area contributed by atoms with Crippen molar-refractivity contribution in [1.29, 1.82) is 0 Å². The van der Waals surface area contributed by atoms with Gasteiger partial charge in [0.1, 0.15) is 5.75 Å². The third-order valence-corrected chi connectivity index (χ3v) is 3.23. The molecule has 0 bridgehead atoms. The molecule has 2 N–H and O–H groups in total. The Morgan fingerprint density at radius 2 is 1.89 bits per heavy atom. The molecule has 0 saturated carbocycles. The fraction of sp³-hybridized carbons (Fsp3) is 0.538. The molecule has 0 aliphatic rings. The summed E-state index contributed by atoms with van der Waals surface area (Å²) in [6.07, 6.45) is 0.569. The van der Waals surface area contributed by atoms with Crippen LogP contribution in [-0.4, -0.2) is 16.9 Å². The predicted octanol–water partition coefficient (Wildman–Crippen LogP) is 2.96. The van der Waals surface area contributed by atoms with Crippen molar-refractivity contribution in [3.05, 3.63) is 29.3 Å². The molecular weight excluding hydrogens is 251 g/mol. The lowest BCUT2D eigenvalue weighted by molar-refractivity contribution is 0.371. The highest BCUT2D eigenvalue weighted by Gasteiger charge is 2.18. The Morgan fingerprint density at radius 1 is 1.28 bits per heavy atom. The summed E-state index contributed by atoms with van der Waals surface area (Å²) in [7, 11) is -2.42. The molecular formula is C13H21O4P. The Hall–Kier alpha value is -0.830. The van der Waals surface area contributed by atoms with Gasteiger partial charge in [-0.15, -0.1) is 0 Å². The summed E-state index contributed by atoms with van der Waals surface area (Å²) in [4.78, 5) is 18.0. The van der Waals surface area contributed by atoms with Gasteiger partial charge in [0.25, 0.3) is 0 Å². The highest BCUT2D eigenvalue weighted by Crippen LogP contribution is 2.40. The molecule has 102 valence electrons. The summed E-state index contributed by atoms with van der Waals surface area (Å²) >= 11 is 0.